The first-order valence-electron chi connectivity index (χ1n) is 6.33. The van der Waals surface area contributed by atoms with Gasteiger partial charge in [-0.05, 0) is 37.3 Å². The fraction of sp³-hybridized carbons (Fsp3) is 0.0714. The number of rotatable bonds is 4. The molecule has 0 atom stereocenters. The van der Waals surface area contributed by atoms with Gasteiger partial charge in [0.25, 0.3) is 5.91 Å². The van der Waals surface area contributed by atoms with Gasteiger partial charge in [0, 0.05) is 0 Å². The Kier molecular flexibility index (Phi) is 4.08. The van der Waals surface area contributed by atoms with E-state index in [1.165, 1.54) is 11.3 Å². The van der Waals surface area contributed by atoms with Crippen molar-refractivity contribution in [2.75, 3.05) is 0 Å². The Morgan fingerprint density at radius 1 is 1.45 bits per heavy atom. The van der Waals surface area contributed by atoms with Gasteiger partial charge in [-0.2, -0.15) is 10.2 Å². The van der Waals surface area contributed by atoms with Crippen LogP contribution in [0.5, 0.6) is 0 Å². The number of nitrogens with one attached hydrogen (secondary N) is 2. The maximum Gasteiger partial charge on any atom is 0.291 e. The van der Waals surface area contributed by atoms with Crippen molar-refractivity contribution in [2.45, 2.75) is 6.92 Å². The van der Waals surface area contributed by atoms with Gasteiger partial charge in [-0.25, -0.2) is 5.43 Å². The number of furan rings is 1. The Morgan fingerprint density at radius 3 is 3.00 bits per heavy atom. The van der Waals surface area contributed by atoms with Gasteiger partial charge in [0.15, 0.2) is 5.69 Å². The molecular weight excluding hydrogens is 324 g/mol. The van der Waals surface area contributed by atoms with Gasteiger partial charge in [0.05, 0.1) is 21.2 Å². The summed E-state index contributed by atoms with van der Waals surface area (Å²) >= 11 is 7.30. The number of nitrogens with zero attached hydrogens (tertiary/aromatic N) is 2. The van der Waals surface area contributed by atoms with Crippen LogP contribution in [0, 0.1) is 0 Å². The van der Waals surface area contributed by atoms with E-state index in [0.29, 0.717) is 15.8 Å². The molecule has 0 aliphatic carbocycles. The predicted octanol–water partition coefficient (Wildman–Crippen LogP) is 3.54. The third-order valence-corrected chi connectivity index (χ3v) is 4.12. The first-order chi connectivity index (χ1) is 10.6. The van der Waals surface area contributed by atoms with Gasteiger partial charge in [-0.1, -0.05) is 11.6 Å². The largest absolute Gasteiger partial charge is 0.463 e. The second-order valence-corrected chi connectivity index (χ2v) is 6.10. The van der Waals surface area contributed by atoms with Crippen LogP contribution in [0.25, 0.3) is 10.6 Å². The lowest BCUT2D eigenvalue weighted by Gasteiger charge is -1.97. The molecule has 0 fully saturated rings. The second-order valence-electron chi connectivity index (χ2n) is 4.39. The Labute approximate surface area is 134 Å². The molecule has 0 radical (unpaired) electrons. The SMILES string of the molecule is CC(=NNC(=O)c1cc(-c2ccc(Cl)s2)[nH]n1)c1ccco1. The summed E-state index contributed by atoms with van der Waals surface area (Å²) in [4.78, 5) is 12.9. The van der Waals surface area contributed by atoms with Crippen LogP contribution in [0.4, 0.5) is 0 Å². The molecule has 22 heavy (non-hydrogen) atoms. The molecule has 3 aromatic heterocycles. The molecule has 1 amide bonds. The fourth-order valence-corrected chi connectivity index (χ4v) is 2.76. The quantitative estimate of drug-likeness (QED) is 0.565. The highest BCUT2D eigenvalue weighted by molar-refractivity contribution is 7.19. The van der Waals surface area contributed by atoms with Crippen molar-refractivity contribution in [1.29, 1.82) is 0 Å². The smallest absolute Gasteiger partial charge is 0.291 e. The van der Waals surface area contributed by atoms with Crippen molar-refractivity contribution >= 4 is 34.6 Å². The monoisotopic (exact) mass is 334 g/mol. The number of thiophene rings is 1. The fourth-order valence-electron chi connectivity index (χ4n) is 1.75. The lowest BCUT2D eigenvalue weighted by molar-refractivity contribution is 0.0950. The zero-order valence-corrected chi connectivity index (χ0v) is 13.0. The van der Waals surface area contributed by atoms with Crippen LogP contribution in [-0.2, 0) is 0 Å². The van der Waals surface area contributed by atoms with Crippen LogP contribution in [0.15, 0.2) is 46.1 Å². The molecule has 0 aromatic carbocycles. The number of hydrazone groups is 1. The molecule has 3 heterocycles. The average Bonchev–Trinajstić information content (AvgIpc) is 3.23. The standard InChI is InChI=1S/C14H11ClN4O2S/c1-8(11-3-2-6-21-11)16-19-14(20)10-7-9(17-18-10)12-4-5-13(15)22-12/h2-7H,1H3,(H,17,18)(H,19,20). The first-order valence-corrected chi connectivity index (χ1v) is 7.52. The van der Waals surface area contributed by atoms with Crippen molar-refractivity contribution in [2.24, 2.45) is 5.10 Å². The molecule has 0 aliphatic rings. The van der Waals surface area contributed by atoms with Gasteiger partial charge in [-0.15, -0.1) is 11.3 Å². The van der Waals surface area contributed by atoms with Gasteiger partial charge in [0.2, 0.25) is 0 Å². The Balaban J connectivity index is 1.71. The number of amides is 1. The second kappa shape index (κ2) is 6.17. The third kappa shape index (κ3) is 3.10. The van der Waals surface area contributed by atoms with E-state index < -0.39 is 5.91 Å². The summed E-state index contributed by atoms with van der Waals surface area (Å²) in [5.74, 6) is 0.187. The van der Waals surface area contributed by atoms with Crippen LogP contribution >= 0.6 is 22.9 Å². The summed E-state index contributed by atoms with van der Waals surface area (Å²) in [6, 6.07) is 8.82. The third-order valence-electron chi connectivity index (χ3n) is 2.85. The first kappa shape index (κ1) is 14.6. The molecular formula is C14H11ClN4O2S. The summed E-state index contributed by atoms with van der Waals surface area (Å²) in [6.45, 7) is 1.74. The summed E-state index contributed by atoms with van der Waals surface area (Å²) in [5.41, 5.74) is 3.99. The number of aromatic amines is 1. The molecule has 6 nitrogen and oxygen atoms in total. The summed E-state index contributed by atoms with van der Waals surface area (Å²) in [5, 5.41) is 10.8. The van der Waals surface area contributed by atoms with Crippen molar-refractivity contribution in [1.82, 2.24) is 15.6 Å². The number of hydrogen-bond donors (Lipinski definition) is 2. The number of H-pyrrole nitrogens is 1. The lowest BCUT2D eigenvalue weighted by Crippen LogP contribution is -2.19. The predicted molar refractivity (Wildman–Crippen MR) is 85.3 cm³/mol. The summed E-state index contributed by atoms with van der Waals surface area (Å²) in [6.07, 6.45) is 1.54. The van der Waals surface area contributed by atoms with E-state index >= 15 is 0 Å². The minimum absolute atomic E-state index is 0.246. The number of aromatic nitrogens is 2. The molecule has 3 aromatic rings. The zero-order chi connectivity index (χ0) is 15.5. The van der Waals surface area contributed by atoms with Crippen LogP contribution in [0.3, 0.4) is 0 Å². The van der Waals surface area contributed by atoms with Gasteiger partial charge < -0.3 is 4.42 Å². The van der Waals surface area contributed by atoms with Crippen LogP contribution < -0.4 is 5.43 Å². The molecule has 0 aliphatic heterocycles. The van der Waals surface area contributed by atoms with Crippen LogP contribution in [0.2, 0.25) is 4.34 Å². The van der Waals surface area contributed by atoms with E-state index in [0.717, 1.165) is 10.6 Å². The minimum atomic E-state index is -0.406. The van der Waals surface area contributed by atoms with Gasteiger partial charge >= 0.3 is 0 Å². The lowest BCUT2D eigenvalue weighted by atomic mass is 10.3. The maximum atomic E-state index is 12.0. The van der Waals surface area contributed by atoms with E-state index in [1.807, 2.05) is 6.07 Å². The Morgan fingerprint density at radius 2 is 2.32 bits per heavy atom. The highest BCUT2D eigenvalue weighted by atomic mass is 35.5. The van der Waals surface area contributed by atoms with Crippen molar-refractivity contribution in [3.8, 4) is 10.6 Å². The minimum Gasteiger partial charge on any atom is -0.463 e. The Hall–Kier alpha value is -2.38. The number of hydrogen-bond acceptors (Lipinski definition) is 5. The number of carbonyl (C=O) groups is 1. The maximum absolute atomic E-state index is 12.0. The molecule has 0 spiro atoms. The molecule has 8 heteroatoms. The Bertz CT molecular complexity index is 820. The van der Waals surface area contributed by atoms with Crippen molar-refractivity contribution in [3.63, 3.8) is 0 Å². The average molecular weight is 335 g/mol. The molecule has 112 valence electrons. The van der Waals surface area contributed by atoms with E-state index in [2.05, 4.69) is 20.7 Å². The van der Waals surface area contributed by atoms with E-state index in [1.54, 1.807) is 37.5 Å². The molecule has 3 rings (SSSR count). The van der Waals surface area contributed by atoms with E-state index in [-0.39, 0.29) is 5.69 Å². The molecule has 0 unspecified atom stereocenters. The molecule has 0 saturated heterocycles. The summed E-state index contributed by atoms with van der Waals surface area (Å²) < 4.78 is 5.86. The summed E-state index contributed by atoms with van der Waals surface area (Å²) in [7, 11) is 0. The highest BCUT2D eigenvalue weighted by Crippen LogP contribution is 2.29. The number of halogens is 1. The number of carbonyl (C=O) groups excluding carboxylic acids is 1. The normalized spacial score (nSPS) is 11.6. The molecule has 2 N–H and O–H groups in total. The topological polar surface area (TPSA) is 83.3 Å². The zero-order valence-electron chi connectivity index (χ0n) is 11.5. The van der Waals surface area contributed by atoms with Crippen LogP contribution in [0.1, 0.15) is 23.2 Å². The van der Waals surface area contributed by atoms with Crippen molar-refractivity contribution in [3.05, 3.63) is 52.4 Å². The van der Waals surface area contributed by atoms with E-state index in [9.17, 15) is 4.79 Å². The van der Waals surface area contributed by atoms with Gasteiger partial charge in [-0.3, -0.25) is 9.89 Å². The molecule has 0 saturated carbocycles. The van der Waals surface area contributed by atoms with Crippen molar-refractivity contribution < 1.29 is 9.21 Å². The van der Waals surface area contributed by atoms with Gasteiger partial charge in [0.1, 0.15) is 11.5 Å². The molecule has 0 bridgehead atoms. The van der Waals surface area contributed by atoms with Crippen LogP contribution in [-0.4, -0.2) is 21.8 Å². The highest BCUT2D eigenvalue weighted by Gasteiger charge is 2.12. The van der Waals surface area contributed by atoms with E-state index in [4.69, 9.17) is 16.0 Å².